The quantitative estimate of drug-likeness (QED) is 0.397. The van der Waals surface area contributed by atoms with Crippen molar-refractivity contribution in [2.24, 2.45) is 5.41 Å². The fourth-order valence-corrected chi connectivity index (χ4v) is 5.31. The first-order valence-corrected chi connectivity index (χ1v) is 10.6. The van der Waals surface area contributed by atoms with E-state index in [9.17, 15) is 13.2 Å². The zero-order valence-electron chi connectivity index (χ0n) is 18.2. The van der Waals surface area contributed by atoms with Crippen LogP contribution in [0.4, 0.5) is 36.1 Å². The lowest BCUT2D eigenvalue weighted by atomic mass is 9.58. The summed E-state index contributed by atoms with van der Waals surface area (Å²) in [5.74, 6) is 0.654. The second-order valence-corrected chi connectivity index (χ2v) is 9.12. The van der Waals surface area contributed by atoms with Crippen LogP contribution in [0.3, 0.4) is 0 Å². The highest BCUT2D eigenvalue weighted by molar-refractivity contribution is 5.89. The predicted molar refractivity (Wildman–Crippen MR) is 122 cm³/mol. The molecule has 0 spiro atoms. The Labute approximate surface area is 185 Å². The standard InChI is InChI=1S/C26H24F3N3/c1-5-25(4)17-11-6-8-13-19(17)32-22-21(15-10-16-30-22)31(23(32)24(25,2)3)20-14-9-7-12-18(20)26(27,28)29/h5-16,23H,1H2,2-4H3. The number of rotatable bonds is 2. The molecule has 5 rings (SSSR count). The first kappa shape index (κ1) is 20.6. The summed E-state index contributed by atoms with van der Waals surface area (Å²) in [5.41, 5.74) is 1.13. The lowest BCUT2D eigenvalue weighted by molar-refractivity contribution is -0.137. The van der Waals surface area contributed by atoms with Gasteiger partial charge in [0.05, 0.1) is 16.9 Å². The van der Waals surface area contributed by atoms with Gasteiger partial charge in [-0.3, -0.25) is 0 Å². The Morgan fingerprint density at radius 3 is 2.19 bits per heavy atom. The van der Waals surface area contributed by atoms with E-state index in [0.717, 1.165) is 17.3 Å². The van der Waals surface area contributed by atoms with E-state index in [2.05, 4.69) is 43.3 Å². The van der Waals surface area contributed by atoms with Gasteiger partial charge in [-0.2, -0.15) is 13.2 Å². The average molecular weight is 435 g/mol. The Kier molecular flexibility index (Phi) is 4.26. The van der Waals surface area contributed by atoms with E-state index in [1.165, 1.54) is 6.07 Å². The van der Waals surface area contributed by atoms with Gasteiger partial charge in [-0.05, 0) is 35.9 Å². The number of pyridine rings is 1. The van der Waals surface area contributed by atoms with Crippen LogP contribution >= 0.6 is 0 Å². The van der Waals surface area contributed by atoms with E-state index in [4.69, 9.17) is 0 Å². The molecule has 32 heavy (non-hydrogen) atoms. The molecule has 0 saturated heterocycles. The number of alkyl halides is 3. The lowest BCUT2D eigenvalue weighted by Gasteiger charge is -2.56. The van der Waals surface area contributed by atoms with Crippen molar-refractivity contribution in [3.8, 4) is 0 Å². The molecule has 6 heteroatoms. The molecule has 164 valence electrons. The fraction of sp³-hybridized carbons (Fsp3) is 0.269. The molecule has 0 radical (unpaired) electrons. The number of nitrogens with zero attached hydrogens (tertiary/aromatic N) is 3. The first-order valence-electron chi connectivity index (χ1n) is 10.6. The molecular formula is C26H24F3N3. The van der Waals surface area contributed by atoms with Crippen LogP contribution in [-0.4, -0.2) is 11.1 Å². The van der Waals surface area contributed by atoms with Crippen molar-refractivity contribution in [2.45, 2.75) is 38.5 Å². The molecule has 2 unspecified atom stereocenters. The van der Waals surface area contributed by atoms with Crippen LogP contribution in [-0.2, 0) is 11.6 Å². The molecule has 0 N–H and O–H groups in total. The SMILES string of the molecule is C=CC1(C)c2ccccc2N2c3ncccc3N(c3ccccc3C(F)(F)F)C2C1(C)C. The summed E-state index contributed by atoms with van der Waals surface area (Å²) in [7, 11) is 0. The topological polar surface area (TPSA) is 19.4 Å². The minimum Gasteiger partial charge on any atom is -0.316 e. The summed E-state index contributed by atoms with van der Waals surface area (Å²) in [4.78, 5) is 8.52. The molecule has 0 aliphatic carbocycles. The Balaban J connectivity index is 1.86. The molecule has 3 aromatic rings. The Morgan fingerprint density at radius 1 is 0.875 bits per heavy atom. The zero-order valence-corrected chi connectivity index (χ0v) is 18.2. The van der Waals surface area contributed by atoms with Crippen LogP contribution in [0, 0.1) is 5.41 Å². The molecular weight excluding hydrogens is 411 g/mol. The van der Waals surface area contributed by atoms with Gasteiger partial charge in [0.25, 0.3) is 0 Å². The summed E-state index contributed by atoms with van der Waals surface area (Å²) in [6, 6.07) is 17.4. The van der Waals surface area contributed by atoms with E-state index >= 15 is 0 Å². The molecule has 2 aromatic carbocycles. The number of hydrogen-bond acceptors (Lipinski definition) is 3. The average Bonchev–Trinajstić information content (AvgIpc) is 3.13. The molecule has 2 atom stereocenters. The maximum Gasteiger partial charge on any atom is 0.418 e. The molecule has 0 saturated carbocycles. The lowest BCUT2D eigenvalue weighted by Crippen LogP contribution is -2.60. The highest BCUT2D eigenvalue weighted by atomic mass is 19.4. The molecule has 3 nitrogen and oxygen atoms in total. The van der Waals surface area contributed by atoms with E-state index in [1.807, 2.05) is 35.2 Å². The van der Waals surface area contributed by atoms with Crippen LogP contribution in [0.2, 0.25) is 0 Å². The first-order chi connectivity index (χ1) is 15.1. The number of benzene rings is 2. The van der Waals surface area contributed by atoms with Crippen LogP contribution in [0.5, 0.6) is 0 Å². The van der Waals surface area contributed by atoms with Crippen LogP contribution in [0.25, 0.3) is 0 Å². The highest BCUT2D eigenvalue weighted by Crippen LogP contribution is 2.62. The normalized spacial score (nSPS) is 23.4. The maximum absolute atomic E-state index is 14.1. The Bertz CT molecular complexity index is 1220. The highest BCUT2D eigenvalue weighted by Gasteiger charge is 2.59. The van der Waals surface area contributed by atoms with Crippen LogP contribution in [0.1, 0.15) is 31.9 Å². The number of halogens is 3. The van der Waals surface area contributed by atoms with Crippen LogP contribution < -0.4 is 9.80 Å². The third kappa shape index (κ3) is 2.52. The van der Waals surface area contributed by atoms with Crippen molar-refractivity contribution in [1.82, 2.24) is 4.98 Å². The smallest absolute Gasteiger partial charge is 0.316 e. The van der Waals surface area contributed by atoms with Gasteiger partial charge in [0.2, 0.25) is 0 Å². The minimum atomic E-state index is -4.48. The number of anilines is 4. The Morgan fingerprint density at radius 2 is 1.50 bits per heavy atom. The van der Waals surface area contributed by atoms with Gasteiger partial charge >= 0.3 is 6.18 Å². The molecule has 0 bridgehead atoms. The summed E-state index contributed by atoms with van der Waals surface area (Å²) >= 11 is 0. The second kappa shape index (κ2) is 6.61. The number of allylic oxidation sites excluding steroid dienone is 1. The largest absolute Gasteiger partial charge is 0.418 e. The van der Waals surface area contributed by atoms with Gasteiger partial charge in [-0.1, -0.05) is 57.2 Å². The number of para-hydroxylation sites is 2. The number of hydrogen-bond donors (Lipinski definition) is 0. The van der Waals surface area contributed by atoms with Gasteiger partial charge in [0, 0.05) is 22.7 Å². The molecule has 1 aromatic heterocycles. The second-order valence-electron chi connectivity index (χ2n) is 9.12. The van der Waals surface area contributed by atoms with Crippen molar-refractivity contribution in [3.05, 3.63) is 90.6 Å². The molecule has 2 aliphatic heterocycles. The maximum atomic E-state index is 14.1. The summed E-state index contributed by atoms with van der Waals surface area (Å²) < 4.78 is 42.2. The summed E-state index contributed by atoms with van der Waals surface area (Å²) in [6.07, 6.45) is -1.31. The minimum absolute atomic E-state index is 0.126. The molecule has 0 fully saturated rings. The molecule has 0 amide bonds. The Hall–Kier alpha value is -3.28. The molecule has 3 heterocycles. The van der Waals surface area contributed by atoms with Crippen molar-refractivity contribution in [3.63, 3.8) is 0 Å². The van der Waals surface area contributed by atoms with E-state index in [-0.39, 0.29) is 5.69 Å². The zero-order chi connectivity index (χ0) is 22.9. The van der Waals surface area contributed by atoms with Crippen molar-refractivity contribution >= 4 is 22.9 Å². The third-order valence-electron chi connectivity index (χ3n) is 7.33. The van der Waals surface area contributed by atoms with Gasteiger partial charge in [-0.15, -0.1) is 6.58 Å². The van der Waals surface area contributed by atoms with Crippen molar-refractivity contribution in [2.75, 3.05) is 9.80 Å². The number of aromatic nitrogens is 1. The summed E-state index contributed by atoms with van der Waals surface area (Å²) in [6.45, 7) is 10.4. The van der Waals surface area contributed by atoms with E-state index in [1.54, 1.807) is 24.4 Å². The molecule has 2 aliphatic rings. The van der Waals surface area contributed by atoms with Gasteiger partial charge in [-0.25, -0.2) is 4.98 Å². The van der Waals surface area contributed by atoms with Gasteiger partial charge in [0.1, 0.15) is 6.17 Å². The fourth-order valence-electron chi connectivity index (χ4n) is 5.31. The van der Waals surface area contributed by atoms with Gasteiger partial charge < -0.3 is 9.80 Å². The van der Waals surface area contributed by atoms with Crippen molar-refractivity contribution in [1.29, 1.82) is 0 Å². The van der Waals surface area contributed by atoms with E-state index in [0.29, 0.717) is 11.5 Å². The van der Waals surface area contributed by atoms with Crippen molar-refractivity contribution < 1.29 is 13.2 Å². The van der Waals surface area contributed by atoms with Crippen LogP contribution in [0.15, 0.2) is 79.5 Å². The predicted octanol–water partition coefficient (Wildman–Crippen LogP) is 7.20. The number of fused-ring (bicyclic) bond motifs is 5. The van der Waals surface area contributed by atoms with Gasteiger partial charge in [0.15, 0.2) is 5.82 Å². The van der Waals surface area contributed by atoms with E-state index < -0.39 is 28.7 Å². The summed E-state index contributed by atoms with van der Waals surface area (Å²) in [5, 5.41) is 0. The third-order valence-corrected chi connectivity index (χ3v) is 7.33. The monoisotopic (exact) mass is 435 g/mol.